The van der Waals surface area contributed by atoms with E-state index in [2.05, 4.69) is 4.42 Å². The summed E-state index contributed by atoms with van der Waals surface area (Å²) in [5.41, 5.74) is 0. The fourth-order valence-corrected chi connectivity index (χ4v) is 1.30. The number of carbonyl (C=O) groups is 2. The summed E-state index contributed by atoms with van der Waals surface area (Å²) in [6.07, 6.45) is 7.37. The second-order valence-electron chi connectivity index (χ2n) is 3.23. The largest absolute Gasteiger partial charge is 0.462 e. The number of hydrogen-bond donors (Lipinski definition) is 0. The van der Waals surface area contributed by atoms with Crippen LogP contribution in [0.25, 0.3) is 0 Å². The standard InChI is InChI=1S/C6H10O.C5H4O2/c7-6-4-2-1-3-5-6;6-4-5-2-1-3-7-5/h1-5H2;1-4H. The van der Waals surface area contributed by atoms with Crippen LogP contribution in [-0.2, 0) is 4.79 Å². The van der Waals surface area contributed by atoms with Crippen LogP contribution < -0.4 is 0 Å². The van der Waals surface area contributed by atoms with Crippen LogP contribution in [0.1, 0.15) is 42.7 Å². The maximum atomic E-state index is 10.5. The lowest BCUT2D eigenvalue weighted by atomic mass is 10.00. The summed E-state index contributed by atoms with van der Waals surface area (Å²) in [4.78, 5) is 20.2. The van der Waals surface area contributed by atoms with Gasteiger partial charge in [0.25, 0.3) is 0 Å². The molecule has 1 saturated carbocycles. The van der Waals surface area contributed by atoms with Gasteiger partial charge < -0.3 is 4.42 Å². The fraction of sp³-hybridized carbons (Fsp3) is 0.455. The summed E-state index contributed by atoms with van der Waals surface area (Å²) in [6, 6.07) is 3.27. The lowest BCUT2D eigenvalue weighted by Gasteiger charge is -2.05. The minimum atomic E-state index is 0.375. The first-order valence-corrected chi connectivity index (χ1v) is 4.83. The molecule has 0 radical (unpaired) electrons. The first kappa shape index (κ1) is 10.7. The third-order valence-corrected chi connectivity index (χ3v) is 2.07. The van der Waals surface area contributed by atoms with Crippen molar-refractivity contribution >= 4 is 12.1 Å². The van der Waals surface area contributed by atoms with Crippen molar-refractivity contribution in [3.05, 3.63) is 24.2 Å². The molecule has 1 aliphatic rings. The Bertz CT molecular complexity index is 267. The van der Waals surface area contributed by atoms with Crippen molar-refractivity contribution in [2.45, 2.75) is 32.1 Å². The highest BCUT2D eigenvalue weighted by atomic mass is 16.3. The summed E-state index contributed by atoms with van der Waals surface area (Å²) in [7, 11) is 0. The van der Waals surface area contributed by atoms with Crippen molar-refractivity contribution in [3.63, 3.8) is 0 Å². The van der Waals surface area contributed by atoms with E-state index in [4.69, 9.17) is 0 Å². The van der Waals surface area contributed by atoms with Crippen molar-refractivity contribution in [2.75, 3.05) is 0 Å². The molecule has 0 aliphatic heterocycles. The van der Waals surface area contributed by atoms with Crippen LogP contribution in [0.5, 0.6) is 0 Å². The Kier molecular flexibility index (Phi) is 4.69. The molecule has 1 aliphatic carbocycles. The number of furan rings is 1. The number of hydrogen-bond acceptors (Lipinski definition) is 3. The minimum absolute atomic E-state index is 0.375. The Morgan fingerprint density at radius 1 is 1.21 bits per heavy atom. The molecule has 3 heteroatoms. The molecule has 0 amide bonds. The molecule has 0 spiro atoms. The third-order valence-electron chi connectivity index (χ3n) is 2.07. The van der Waals surface area contributed by atoms with Crippen molar-refractivity contribution < 1.29 is 14.0 Å². The van der Waals surface area contributed by atoms with Crippen LogP contribution >= 0.6 is 0 Å². The first-order chi connectivity index (χ1) is 6.83. The van der Waals surface area contributed by atoms with Gasteiger partial charge in [-0.2, -0.15) is 0 Å². The van der Waals surface area contributed by atoms with Crippen molar-refractivity contribution in [1.29, 1.82) is 0 Å². The van der Waals surface area contributed by atoms with Gasteiger partial charge in [-0.1, -0.05) is 6.42 Å². The van der Waals surface area contributed by atoms with E-state index < -0.39 is 0 Å². The second-order valence-corrected chi connectivity index (χ2v) is 3.23. The summed E-state index contributed by atoms with van der Waals surface area (Å²) >= 11 is 0. The molecule has 0 aromatic carbocycles. The van der Waals surface area contributed by atoms with E-state index in [-0.39, 0.29) is 0 Å². The normalized spacial score (nSPS) is 15.6. The smallest absolute Gasteiger partial charge is 0.185 e. The molecule has 2 rings (SSSR count). The van der Waals surface area contributed by atoms with Crippen LogP contribution in [0, 0.1) is 0 Å². The van der Waals surface area contributed by atoms with Crippen molar-refractivity contribution in [3.8, 4) is 0 Å². The Morgan fingerprint density at radius 2 is 1.93 bits per heavy atom. The maximum Gasteiger partial charge on any atom is 0.185 e. The van der Waals surface area contributed by atoms with Crippen LogP contribution in [0.4, 0.5) is 0 Å². The third kappa shape index (κ3) is 4.03. The van der Waals surface area contributed by atoms with E-state index in [1.165, 1.54) is 12.7 Å². The molecule has 0 unspecified atom stereocenters. The van der Waals surface area contributed by atoms with E-state index in [0.29, 0.717) is 17.8 Å². The van der Waals surface area contributed by atoms with E-state index in [1.807, 2.05) is 0 Å². The minimum Gasteiger partial charge on any atom is -0.462 e. The average Bonchev–Trinajstić information content (AvgIpc) is 2.72. The zero-order chi connectivity index (χ0) is 10.2. The monoisotopic (exact) mass is 194 g/mol. The highest BCUT2D eigenvalue weighted by Gasteiger charge is 2.05. The van der Waals surface area contributed by atoms with Crippen LogP contribution in [0.2, 0.25) is 0 Å². The molecular formula is C11H14O3. The van der Waals surface area contributed by atoms with E-state index in [9.17, 15) is 9.59 Å². The molecule has 1 aromatic heterocycles. The van der Waals surface area contributed by atoms with Gasteiger partial charge in [0.05, 0.1) is 6.26 Å². The van der Waals surface area contributed by atoms with Gasteiger partial charge in [0.1, 0.15) is 5.78 Å². The number of rotatable bonds is 1. The van der Waals surface area contributed by atoms with Gasteiger partial charge >= 0.3 is 0 Å². The van der Waals surface area contributed by atoms with Gasteiger partial charge in [0, 0.05) is 12.8 Å². The predicted octanol–water partition coefficient (Wildman–Crippen LogP) is 2.61. The Balaban J connectivity index is 0.000000140. The van der Waals surface area contributed by atoms with E-state index in [1.54, 1.807) is 12.1 Å². The van der Waals surface area contributed by atoms with Gasteiger partial charge in [-0.25, -0.2) is 0 Å². The topological polar surface area (TPSA) is 47.3 Å². The number of carbonyl (C=O) groups excluding carboxylic acids is 2. The molecule has 3 nitrogen and oxygen atoms in total. The SMILES string of the molecule is O=C1CCCCC1.O=Cc1ccco1. The molecule has 1 fully saturated rings. The molecule has 0 bridgehead atoms. The molecule has 0 N–H and O–H groups in total. The zero-order valence-electron chi connectivity index (χ0n) is 8.07. The Hall–Kier alpha value is -1.38. The van der Waals surface area contributed by atoms with Gasteiger partial charge in [-0.15, -0.1) is 0 Å². The highest BCUT2D eigenvalue weighted by Crippen LogP contribution is 2.12. The summed E-state index contributed by atoms with van der Waals surface area (Å²) in [5, 5.41) is 0. The fourth-order valence-electron chi connectivity index (χ4n) is 1.30. The molecule has 1 heterocycles. The molecular weight excluding hydrogens is 180 g/mol. The molecule has 0 saturated heterocycles. The van der Waals surface area contributed by atoms with Crippen LogP contribution in [0.3, 0.4) is 0 Å². The van der Waals surface area contributed by atoms with E-state index >= 15 is 0 Å². The van der Waals surface area contributed by atoms with Crippen LogP contribution in [-0.4, -0.2) is 12.1 Å². The highest BCUT2D eigenvalue weighted by molar-refractivity contribution is 5.78. The van der Waals surface area contributed by atoms with E-state index in [0.717, 1.165) is 25.7 Å². The lowest BCUT2D eigenvalue weighted by molar-refractivity contribution is -0.120. The van der Waals surface area contributed by atoms with Crippen molar-refractivity contribution in [1.82, 2.24) is 0 Å². The maximum absolute atomic E-state index is 10.5. The number of ketones is 1. The summed E-state index contributed by atoms with van der Waals surface area (Å²) in [5.74, 6) is 0.839. The molecule has 1 aromatic rings. The molecule has 0 atom stereocenters. The number of Topliss-reactive ketones (excluding diaryl/α,β-unsaturated/α-hetero) is 1. The summed E-state index contributed by atoms with van der Waals surface area (Å²) < 4.78 is 4.61. The predicted molar refractivity (Wildman–Crippen MR) is 52.2 cm³/mol. The van der Waals surface area contributed by atoms with Gasteiger partial charge in [0.15, 0.2) is 12.0 Å². The van der Waals surface area contributed by atoms with Gasteiger partial charge in [-0.3, -0.25) is 9.59 Å². The average molecular weight is 194 g/mol. The van der Waals surface area contributed by atoms with Gasteiger partial charge in [-0.05, 0) is 25.0 Å². The Labute approximate surface area is 83.1 Å². The number of aldehydes is 1. The quantitative estimate of drug-likeness (QED) is 0.645. The lowest BCUT2D eigenvalue weighted by Crippen LogP contribution is -2.02. The molecule has 76 valence electrons. The first-order valence-electron chi connectivity index (χ1n) is 4.83. The van der Waals surface area contributed by atoms with Crippen LogP contribution in [0.15, 0.2) is 22.8 Å². The molecule has 14 heavy (non-hydrogen) atoms. The van der Waals surface area contributed by atoms with Gasteiger partial charge in [0.2, 0.25) is 0 Å². The van der Waals surface area contributed by atoms with Crippen molar-refractivity contribution in [2.24, 2.45) is 0 Å². The zero-order valence-corrected chi connectivity index (χ0v) is 8.07. The second kappa shape index (κ2) is 6.13. The summed E-state index contributed by atoms with van der Waals surface area (Å²) in [6.45, 7) is 0. The Morgan fingerprint density at radius 3 is 2.21 bits per heavy atom.